The average Bonchev–Trinajstić information content (AvgIpc) is 2.93. The van der Waals surface area contributed by atoms with Crippen molar-refractivity contribution in [3.63, 3.8) is 0 Å². The highest BCUT2D eigenvalue weighted by molar-refractivity contribution is 7.88. The highest BCUT2D eigenvalue weighted by Gasteiger charge is 2.49. The van der Waals surface area contributed by atoms with Gasteiger partial charge in [-0.2, -0.15) is 0 Å². The Kier molecular flexibility index (Phi) is 8.30. The number of nitrogens with zero attached hydrogens (tertiary/aromatic N) is 1. The first-order chi connectivity index (χ1) is 19.2. The van der Waals surface area contributed by atoms with Gasteiger partial charge in [0.1, 0.15) is 5.82 Å². The zero-order valence-corrected chi connectivity index (χ0v) is 22.9. The van der Waals surface area contributed by atoms with Crippen molar-refractivity contribution in [2.75, 3.05) is 6.26 Å². The van der Waals surface area contributed by atoms with Crippen LogP contribution in [0, 0.1) is 5.82 Å². The van der Waals surface area contributed by atoms with Gasteiger partial charge < -0.3 is 4.90 Å². The van der Waals surface area contributed by atoms with E-state index in [1.54, 1.807) is 42.5 Å². The van der Waals surface area contributed by atoms with Crippen LogP contribution >= 0.6 is 0 Å². The van der Waals surface area contributed by atoms with Crippen LogP contribution in [0.3, 0.4) is 0 Å². The topological polar surface area (TPSA) is 105 Å². The molecule has 1 aliphatic carbocycles. The van der Waals surface area contributed by atoms with E-state index in [0.717, 1.165) is 24.7 Å². The molecule has 210 valence electrons. The molecular weight excluding hydrogens is 533 g/mol. The molecule has 40 heavy (non-hydrogen) atoms. The number of carbonyl (C=O) groups is 2. The molecule has 0 saturated heterocycles. The molecule has 0 bridgehead atoms. The first-order valence-electron chi connectivity index (χ1n) is 13.3. The van der Waals surface area contributed by atoms with Crippen LogP contribution in [0.15, 0.2) is 78.9 Å². The zero-order valence-electron chi connectivity index (χ0n) is 22.1. The highest BCUT2D eigenvalue weighted by Crippen LogP contribution is 2.46. The number of hydrogen-bond donors (Lipinski definition) is 2. The monoisotopic (exact) mass is 565 g/mol. The number of hydrogen-bond acceptors (Lipinski definition) is 5. The average molecular weight is 566 g/mol. The number of amides is 2. The molecule has 2 aliphatic rings. The summed E-state index contributed by atoms with van der Waals surface area (Å²) in [5, 5.41) is 0. The van der Waals surface area contributed by atoms with Crippen LogP contribution in [-0.2, 0) is 26.3 Å². The summed E-state index contributed by atoms with van der Waals surface area (Å²) >= 11 is 0. The fraction of sp³-hybridized carbons (Fsp3) is 0.333. The minimum Gasteiger partial charge on any atom is -0.326 e. The second kappa shape index (κ2) is 11.9. The Bertz CT molecular complexity index is 1480. The van der Waals surface area contributed by atoms with E-state index in [4.69, 9.17) is 4.84 Å². The van der Waals surface area contributed by atoms with Gasteiger partial charge in [-0.05, 0) is 36.1 Å². The number of nitrogens with one attached hydrogen (secondary N) is 2. The molecule has 5 rings (SSSR count). The maximum absolute atomic E-state index is 15.5. The number of carbonyl (C=O) groups excluding carboxylic acids is 2. The Morgan fingerprint density at radius 1 is 0.950 bits per heavy atom. The van der Waals surface area contributed by atoms with E-state index in [2.05, 4.69) is 10.2 Å². The van der Waals surface area contributed by atoms with E-state index in [1.165, 1.54) is 11.0 Å². The van der Waals surface area contributed by atoms with Crippen LogP contribution in [0.5, 0.6) is 0 Å². The molecule has 0 radical (unpaired) electrons. The molecule has 0 spiro atoms. The SMILES string of the molecule is CS(=O)(=O)N[C@H]1CCCC[C@@H]1N1C(=O)c2ccccc2[C@@H](C(=O)NOCc2ccccc2)[C@@H]1c1ccccc1F. The third-order valence-electron chi connectivity index (χ3n) is 7.59. The van der Waals surface area contributed by atoms with Crippen molar-refractivity contribution in [1.82, 2.24) is 15.1 Å². The summed E-state index contributed by atoms with van der Waals surface area (Å²) in [5.41, 5.74) is 4.35. The first kappa shape index (κ1) is 27.9. The lowest BCUT2D eigenvalue weighted by Crippen LogP contribution is -2.59. The lowest BCUT2D eigenvalue weighted by Gasteiger charge is -2.49. The molecule has 1 saturated carbocycles. The fourth-order valence-electron chi connectivity index (χ4n) is 5.93. The van der Waals surface area contributed by atoms with Crippen molar-refractivity contribution < 1.29 is 27.2 Å². The van der Waals surface area contributed by atoms with Crippen molar-refractivity contribution in [1.29, 1.82) is 0 Å². The molecular formula is C30H32FN3O5S. The van der Waals surface area contributed by atoms with Crippen molar-refractivity contribution in [3.05, 3.63) is 107 Å². The third kappa shape index (κ3) is 5.94. The van der Waals surface area contributed by atoms with E-state index in [1.807, 2.05) is 30.3 Å². The van der Waals surface area contributed by atoms with Crippen molar-refractivity contribution in [2.24, 2.45) is 0 Å². The predicted octanol–water partition coefficient (Wildman–Crippen LogP) is 4.21. The Labute approximate surface area is 233 Å². The van der Waals surface area contributed by atoms with Gasteiger partial charge in [0.15, 0.2) is 0 Å². The van der Waals surface area contributed by atoms with Gasteiger partial charge in [-0.1, -0.05) is 79.6 Å². The predicted molar refractivity (Wildman–Crippen MR) is 148 cm³/mol. The summed E-state index contributed by atoms with van der Waals surface area (Å²) in [6.07, 6.45) is 3.65. The Morgan fingerprint density at radius 3 is 2.33 bits per heavy atom. The third-order valence-corrected chi connectivity index (χ3v) is 8.32. The Balaban J connectivity index is 1.58. The summed E-state index contributed by atoms with van der Waals surface area (Å²) in [6.45, 7) is 0.122. The van der Waals surface area contributed by atoms with Crippen LogP contribution < -0.4 is 10.2 Å². The smallest absolute Gasteiger partial charge is 0.255 e. The van der Waals surface area contributed by atoms with E-state index < -0.39 is 45.8 Å². The summed E-state index contributed by atoms with van der Waals surface area (Å²) in [7, 11) is -3.59. The maximum Gasteiger partial charge on any atom is 0.255 e. The van der Waals surface area contributed by atoms with E-state index in [0.29, 0.717) is 24.0 Å². The molecule has 1 fully saturated rings. The first-order valence-corrected chi connectivity index (χ1v) is 15.2. The molecule has 0 aromatic heterocycles. The van der Waals surface area contributed by atoms with Gasteiger partial charge in [0.05, 0.1) is 24.8 Å². The fourth-order valence-corrected chi connectivity index (χ4v) is 6.75. The minimum atomic E-state index is -3.59. The van der Waals surface area contributed by atoms with E-state index >= 15 is 4.39 Å². The Morgan fingerprint density at radius 2 is 1.60 bits per heavy atom. The number of benzene rings is 3. The van der Waals surface area contributed by atoms with Gasteiger partial charge >= 0.3 is 0 Å². The Hall–Kier alpha value is -3.60. The second-order valence-corrected chi connectivity index (χ2v) is 12.1. The largest absolute Gasteiger partial charge is 0.326 e. The molecule has 3 aromatic rings. The van der Waals surface area contributed by atoms with Crippen LogP contribution in [0.25, 0.3) is 0 Å². The molecule has 1 aliphatic heterocycles. The minimum absolute atomic E-state index is 0.122. The summed E-state index contributed by atoms with van der Waals surface area (Å²) in [6, 6.07) is 20.0. The van der Waals surface area contributed by atoms with Gasteiger partial charge in [-0.3, -0.25) is 14.4 Å². The highest BCUT2D eigenvalue weighted by atomic mass is 32.2. The number of halogens is 1. The van der Waals surface area contributed by atoms with E-state index in [-0.39, 0.29) is 18.1 Å². The molecule has 3 aromatic carbocycles. The van der Waals surface area contributed by atoms with Crippen LogP contribution in [0.4, 0.5) is 4.39 Å². The molecule has 10 heteroatoms. The summed E-state index contributed by atoms with van der Waals surface area (Å²) < 4.78 is 42.7. The lowest BCUT2D eigenvalue weighted by molar-refractivity contribution is -0.138. The lowest BCUT2D eigenvalue weighted by atomic mass is 9.76. The molecule has 1 heterocycles. The second-order valence-electron chi connectivity index (χ2n) is 10.3. The van der Waals surface area contributed by atoms with Crippen molar-refractivity contribution >= 4 is 21.8 Å². The quantitative estimate of drug-likeness (QED) is 0.398. The van der Waals surface area contributed by atoms with Gasteiger partial charge in [0.25, 0.3) is 11.8 Å². The number of sulfonamides is 1. The maximum atomic E-state index is 15.5. The van der Waals surface area contributed by atoms with Gasteiger partial charge in [-0.25, -0.2) is 23.0 Å². The van der Waals surface area contributed by atoms with Crippen molar-refractivity contribution in [2.45, 2.75) is 56.3 Å². The number of fused-ring (bicyclic) bond motifs is 1. The van der Waals surface area contributed by atoms with Crippen LogP contribution in [-0.4, -0.2) is 43.5 Å². The molecule has 0 unspecified atom stereocenters. The van der Waals surface area contributed by atoms with Crippen LogP contribution in [0.1, 0.15) is 64.7 Å². The van der Waals surface area contributed by atoms with Crippen molar-refractivity contribution in [3.8, 4) is 0 Å². The normalized spacial score (nSPS) is 22.9. The number of hydroxylamine groups is 1. The molecule has 2 amide bonds. The molecule has 8 nitrogen and oxygen atoms in total. The van der Waals surface area contributed by atoms with Gasteiger partial charge in [-0.15, -0.1) is 0 Å². The van der Waals surface area contributed by atoms with E-state index in [9.17, 15) is 18.0 Å². The summed E-state index contributed by atoms with van der Waals surface area (Å²) in [5.74, 6) is -2.47. The van der Waals surface area contributed by atoms with Gasteiger partial charge in [0.2, 0.25) is 10.0 Å². The molecule has 4 atom stereocenters. The molecule has 2 N–H and O–H groups in total. The zero-order chi connectivity index (χ0) is 28.3. The number of rotatable bonds is 8. The standard InChI is InChI=1S/C30H32FN3O5S/c1-40(37,38)33-25-17-9-10-18-26(25)34-28(23-15-7-8-16-24(23)31)27(21-13-5-6-14-22(21)30(34)36)29(35)32-39-19-20-11-3-2-4-12-20/h2-8,11-16,25-28,33H,9-10,17-19H2,1H3,(H,32,35)/t25-,26-,27+,28-/m0/s1. The van der Waals surface area contributed by atoms with Gasteiger partial charge in [0, 0.05) is 23.2 Å². The summed E-state index contributed by atoms with van der Waals surface area (Å²) in [4.78, 5) is 35.1. The van der Waals surface area contributed by atoms with Crippen LogP contribution in [0.2, 0.25) is 0 Å².